The Morgan fingerprint density at radius 1 is 1.30 bits per heavy atom. The fourth-order valence-corrected chi connectivity index (χ4v) is 2.61. The summed E-state index contributed by atoms with van der Waals surface area (Å²) in [5.41, 5.74) is 2.00. The molecule has 0 bridgehead atoms. The van der Waals surface area contributed by atoms with Gasteiger partial charge in [0, 0.05) is 11.5 Å². The van der Waals surface area contributed by atoms with Crippen molar-refractivity contribution in [3.63, 3.8) is 0 Å². The number of fused-ring (bicyclic) bond motifs is 1. The lowest BCUT2D eigenvalue weighted by molar-refractivity contribution is 0.416. The highest BCUT2D eigenvalue weighted by molar-refractivity contribution is 5.67. The van der Waals surface area contributed by atoms with Crippen molar-refractivity contribution in [2.24, 2.45) is 0 Å². The van der Waals surface area contributed by atoms with Gasteiger partial charge in [-0.3, -0.25) is 0 Å². The smallest absolute Gasteiger partial charge is 0.198 e. The van der Waals surface area contributed by atoms with E-state index in [0.717, 1.165) is 18.7 Å². The third-order valence-corrected chi connectivity index (χ3v) is 4.01. The molecular formula is C17H13FN4O. The largest absolute Gasteiger partial charge is 0.493 e. The molecule has 6 heteroatoms. The van der Waals surface area contributed by atoms with Crippen molar-refractivity contribution in [3.8, 4) is 23.1 Å². The molecule has 0 unspecified atom stereocenters. The van der Waals surface area contributed by atoms with Crippen LogP contribution < -0.4 is 4.74 Å². The van der Waals surface area contributed by atoms with Crippen LogP contribution in [0.5, 0.6) is 5.75 Å². The highest BCUT2D eigenvalue weighted by atomic mass is 19.1. The Kier molecular flexibility index (Phi) is 3.01. The summed E-state index contributed by atoms with van der Waals surface area (Å²) in [6, 6.07) is 9.97. The maximum atomic E-state index is 13.9. The number of methoxy groups -OCH3 is 1. The second-order valence-electron chi connectivity index (χ2n) is 5.57. The molecule has 1 aliphatic carbocycles. The van der Waals surface area contributed by atoms with E-state index in [-0.39, 0.29) is 5.56 Å². The zero-order chi connectivity index (χ0) is 16.0. The number of halogens is 1. The van der Waals surface area contributed by atoms with Crippen molar-refractivity contribution in [1.82, 2.24) is 14.6 Å². The minimum absolute atomic E-state index is 0.0239. The number of nitriles is 1. The van der Waals surface area contributed by atoms with Gasteiger partial charge in [0.05, 0.1) is 18.4 Å². The third kappa shape index (κ3) is 2.21. The van der Waals surface area contributed by atoms with E-state index < -0.39 is 5.82 Å². The number of hydrogen-bond donors (Lipinski definition) is 0. The van der Waals surface area contributed by atoms with E-state index in [1.165, 1.54) is 12.1 Å². The highest BCUT2D eigenvalue weighted by Gasteiger charge is 2.29. The van der Waals surface area contributed by atoms with Gasteiger partial charge in [0.15, 0.2) is 17.2 Å². The topological polar surface area (TPSA) is 63.2 Å². The summed E-state index contributed by atoms with van der Waals surface area (Å²) in [7, 11) is 1.59. The van der Waals surface area contributed by atoms with Gasteiger partial charge in [0.25, 0.3) is 0 Å². The number of nitrogens with zero attached hydrogens (tertiary/aromatic N) is 4. The summed E-state index contributed by atoms with van der Waals surface area (Å²) < 4.78 is 21.0. The molecule has 0 spiro atoms. The minimum Gasteiger partial charge on any atom is -0.493 e. The van der Waals surface area contributed by atoms with Crippen LogP contribution in [0.4, 0.5) is 4.39 Å². The lowest BCUT2D eigenvalue weighted by Gasteiger charge is -2.08. The van der Waals surface area contributed by atoms with Crippen LogP contribution in [0, 0.1) is 17.1 Å². The van der Waals surface area contributed by atoms with Gasteiger partial charge in [-0.05, 0) is 37.1 Å². The van der Waals surface area contributed by atoms with Crippen LogP contribution in [0.2, 0.25) is 0 Å². The summed E-state index contributed by atoms with van der Waals surface area (Å²) in [4.78, 5) is 4.57. The first-order valence-electron chi connectivity index (χ1n) is 7.35. The second kappa shape index (κ2) is 5.06. The summed E-state index contributed by atoms with van der Waals surface area (Å²) in [5.74, 6) is 1.29. The molecule has 23 heavy (non-hydrogen) atoms. The van der Waals surface area contributed by atoms with E-state index in [0.29, 0.717) is 28.6 Å². The number of aromatic nitrogens is 3. The first-order valence-corrected chi connectivity index (χ1v) is 7.35. The van der Waals surface area contributed by atoms with E-state index in [9.17, 15) is 4.39 Å². The van der Waals surface area contributed by atoms with Crippen LogP contribution in [-0.4, -0.2) is 21.7 Å². The summed E-state index contributed by atoms with van der Waals surface area (Å²) in [6.07, 6.45) is 2.19. The Labute approximate surface area is 132 Å². The van der Waals surface area contributed by atoms with Crippen LogP contribution >= 0.6 is 0 Å². The van der Waals surface area contributed by atoms with Gasteiger partial charge in [-0.25, -0.2) is 13.9 Å². The molecule has 0 amide bonds. The molecule has 0 saturated heterocycles. The molecule has 2 heterocycles. The van der Waals surface area contributed by atoms with Crippen LogP contribution in [0.15, 0.2) is 30.3 Å². The summed E-state index contributed by atoms with van der Waals surface area (Å²) in [6.45, 7) is 0. The Morgan fingerprint density at radius 2 is 2.13 bits per heavy atom. The monoisotopic (exact) mass is 308 g/mol. The van der Waals surface area contributed by atoms with Crippen molar-refractivity contribution in [3.05, 3.63) is 47.5 Å². The lowest BCUT2D eigenvalue weighted by atomic mass is 10.1. The Balaban J connectivity index is 1.93. The number of ether oxygens (including phenoxy) is 1. The predicted octanol–water partition coefficient (Wildman–Crippen LogP) is 3.29. The lowest BCUT2D eigenvalue weighted by Crippen LogP contribution is -1.98. The number of benzene rings is 1. The molecule has 0 atom stereocenters. The molecular weight excluding hydrogens is 295 g/mol. The van der Waals surface area contributed by atoms with E-state index in [1.807, 2.05) is 12.1 Å². The predicted molar refractivity (Wildman–Crippen MR) is 81.6 cm³/mol. The minimum atomic E-state index is -0.545. The fraction of sp³-hybridized carbons (Fsp3) is 0.235. The average Bonchev–Trinajstić information content (AvgIpc) is 3.32. The molecule has 1 saturated carbocycles. The number of hydrogen-bond acceptors (Lipinski definition) is 4. The van der Waals surface area contributed by atoms with Gasteiger partial charge in [-0.15, -0.1) is 0 Å². The van der Waals surface area contributed by atoms with Gasteiger partial charge < -0.3 is 4.74 Å². The molecule has 3 aromatic rings. The normalized spacial score (nSPS) is 14.0. The van der Waals surface area contributed by atoms with Crippen molar-refractivity contribution < 1.29 is 9.13 Å². The Bertz CT molecular complexity index is 953. The summed E-state index contributed by atoms with van der Waals surface area (Å²) in [5, 5.41) is 13.4. The average molecular weight is 308 g/mol. The molecule has 114 valence electrons. The Hall–Kier alpha value is -2.94. The van der Waals surface area contributed by atoms with Crippen molar-refractivity contribution in [2.45, 2.75) is 18.8 Å². The van der Waals surface area contributed by atoms with Gasteiger partial charge in [0.2, 0.25) is 0 Å². The Morgan fingerprint density at radius 3 is 2.78 bits per heavy atom. The molecule has 5 nitrogen and oxygen atoms in total. The molecule has 1 fully saturated rings. The van der Waals surface area contributed by atoms with Gasteiger partial charge in [0.1, 0.15) is 11.9 Å². The molecule has 1 aromatic carbocycles. The zero-order valence-corrected chi connectivity index (χ0v) is 12.5. The zero-order valence-electron chi connectivity index (χ0n) is 12.5. The van der Waals surface area contributed by atoms with E-state index in [4.69, 9.17) is 10.00 Å². The standard InChI is InChI=1S/C17H13FN4O/c1-23-15-7-6-14(11-4-5-12(9-19)13(18)8-11)22-17(15)20-16(21-22)10-2-3-10/h4-8,10H,2-3H2,1H3. The van der Waals surface area contributed by atoms with E-state index >= 15 is 0 Å². The van der Waals surface area contributed by atoms with Gasteiger partial charge >= 0.3 is 0 Å². The molecule has 0 radical (unpaired) electrons. The SMILES string of the molecule is COc1ccc(-c2ccc(C#N)c(F)c2)n2nc(C3CC3)nc12. The third-order valence-electron chi connectivity index (χ3n) is 4.01. The van der Waals surface area contributed by atoms with Gasteiger partial charge in [-0.2, -0.15) is 10.4 Å². The fourth-order valence-electron chi connectivity index (χ4n) is 2.61. The number of pyridine rings is 1. The molecule has 1 aliphatic rings. The highest BCUT2D eigenvalue weighted by Crippen LogP contribution is 2.39. The molecule has 4 rings (SSSR count). The van der Waals surface area contributed by atoms with Crippen molar-refractivity contribution >= 4 is 5.65 Å². The van der Waals surface area contributed by atoms with Crippen LogP contribution in [0.3, 0.4) is 0 Å². The maximum Gasteiger partial charge on any atom is 0.198 e. The van der Waals surface area contributed by atoms with Crippen LogP contribution in [-0.2, 0) is 0 Å². The van der Waals surface area contributed by atoms with E-state index in [1.54, 1.807) is 23.8 Å². The number of rotatable bonds is 3. The van der Waals surface area contributed by atoms with Gasteiger partial charge in [-0.1, -0.05) is 6.07 Å². The van der Waals surface area contributed by atoms with E-state index in [2.05, 4.69) is 10.1 Å². The van der Waals surface area contributed by atoms with Crippen LogP contribution in [0.1, 0.15) is 30.1 Å². The first-order chi connectivity index (χ1) is 11.2. The molecule has 2 aromatic heterocycles. The molecule has 0 aliphatic heterocycles. The summed E-state index contributed by atoms with van der Waals surface area (Å²) >= 11 is 0. The van der Waals surface area contributed by atoms with Crippen LogP contribution in [0.25, 0.3) is 16.9 Å². The quantitative estimate of drug-likeness (QED) is 0.745. The van der Waals surface area contributed by atoms with Crippen molar-refractivity contribution in [2.75, 3.05) is 7.11 Å². The first kappa shape index (κ1) is 13.7. The molecule has 0 N–H and O–H groups in total. The second-order valence-corrected chi connectivity index (χ2v) is 5.57. The van der Waals surface area contributed by atoms with Crippen molar-refractivity contribution in [1.29, 1.82) is 5.26 Å². The maximum absolute atomic E-state index is 13.9.